The molecule has 0 aliphatic heterocycles. The Hall–Kier alpha value is -2.29. The first-order chi connectivity index (χ1) is 13.0. The fourth-order valence-corrected chi connectivity index (χ4v) is 3.39. The summed E-state index contributed by atoms with van der Waals surface area (Å²) in [6.45, 7) is 1.84. The minimum Gasteiger partial charge on any atom is -0.497 e. The van der Waals surface area contributed by atoms with Crippen molar-refractivity contribution in [1.82, 2.24) is 20.2 Å². The summed E-state index contributed by atoms with van der Waals surface area (Å²) in [7, 11) is 1.60. The largest absolute Gasteiger partial charge is 0.497 e. The lowest BCUT2D eigenvalue weighted by atomic mass is 10.2. The van der Waals surface area contributed by atoms with Crippen LogP contribution >= 0.6 is 35.0 Å². The molecule has 0 spiro atoms. The van der Waals surface area contributed by atoms with Crippen LogP contribution in [0, 0.1) is 6.92 Å². The fourth-order valence-electron chi connectivity index (χ4n) is 2.23. The van der Waals surface area contributed by atoms with E-state index in [4.69, 9.17) is 27.9 Å². The maximum Gasteiger partial charge on any atom is 0.234 e. The molecule has 0 aliphatic rings. The van der Waals surface area contributed by atoms with Gasteiger partial charge in [-0.15, -0.1) is 5.10 Å². The molecule has 7 nitrogen and oxygen atoms in total. The second-order valence-corrected chi connectivity index (χ2v) is 7.19. The quantitative estimate of drug-likeness (QED) is 0.602. The summed E-state index contributed by atoms with van der Waals surface area (Å²) in [5.74, 6) is 0.558. The normalized spacial score (nSPS) is 10.7. The molecule has 3 aromatic rings. The monoisotopic (exact) mass is 423 g/mol. The SMILES string of the molecule is COc1ccc(-n2nnnc2SCC(=O)Nc2c(Cl)ccc(C)c2Cl)cc1. The van der Waals surface area contributed by atoms with Crippen molar-refractivity contribution >= 4 is 46.6 Å². The molecule has 0 unspecified atom stereocenters. The van der Waals surface area contributed by atoms with Crippen molar-refractivity contribution in [1.29, 1.82) is 0 Å². The second kappa shape index (κ2) is 8.60. The average Bonchev–Trinajstić information content (AvgIpc) is 3.15. The Morgan fingerprint density at radius 2 is 1.96 bits per heavy atom. The Labute approximate surface area is 170 Å². The number of methoxy groups -OCH3 is 1. The zero-order chi connectivity index (χ0) is 19.4. The molecule has 27 heavy (non-hydrogen) atoms. The molecule has 3 rings (SSSR count). The minimum absolute atomic E-state index is 0.0944. The topological polar surface area (TPSA) is 81.9 Å². The van der Waals surface area contributed by atoms with Crippen LogP contribution in [-0.2, 0) is 4.79 Å². The predicted octanol–water partition coefficient (Wildman–Crippen LogP) is 4.02. The van der Waals surface area contributed by atoms with E-state index in [9.17, 15) is 4.79 Å². The first-order valence-corrected chi connectivity index (χ1v) is 9.54. The standard InChI is InChI=1S/C17H15Cl2N5O2S/c1-10-3-8-13(18)16(15(10)19)20-14(25)9-27-17-21-22-23-24(17)11-4-6-12(26-2)7-5-11/h3-8H,9H2,1-2H3,(H,20,25). The Kier molecular flexibility index (Phi) is 6.20. The van der Waals surface area contributed by atoms with Gasteiger partial charge < -0.3 is 10.1 Å². The molecule has 1 heterocycles. The van der Waals surface area contributed by atoms with E-state index in [1.54, 1.807) is 36.1 Å². The third-order valence-corrected chi connectivity index (χ3v) is 5.36. The summed E-state index contributed by atoms with van der Waals surface area (Å²) in [5, 5.41) is 15.6. The molecule has 1 amide bonds. The van der Waals surface area contributed by atoms with Gasteiger partial charge in [0.2, 0.25) is 11.1 Å². The summed E-state index contributed by atoms with van der Waals surface area (Å²) in [5.41, 5.74) is 1.99. The molecule has 140 valence electrons. The number of anilines is 1. The molecular formula is C17H15Cl2N5O2S. The van der Waals surface area contributed by atoms with Gasteiger partial charge in [0.25, 0.3) is 0 Å². The summed E-state index contributed by atoms with van der Waals surface area (Å²) in [6, 6.07) is 10.7. The molecule has 0 atom stereocenters. The molecule has 0 aliphatic carbocycles. The lowest BCUT2D eigenvalue weighted by Crippen LogP contribution is -2.15. The van der Waals surface area contributed by atoms with Gasteiger partial charge in [0.05, 0.1) is 34.3 Å². The average molecular weight is 424 g/mol. The number of thioether (sulfide) groups is 1. The molecule has 0 saturated carbocycles. The first kappa shape index (κ1) is 19.5. The predicted molar refractivity (Wildman–Crippen MR) is 106 cm³/mol. The van der Waals surface area contributed by atoms with Crippen LogP contribution < -0.4 is 10.1 Å². The smallest absolute Gasteiger partial charge is 0.234 e. The van der Waals surface area contributed by atoms with Crippen LogP contribution in [0.4, 0.5) is 5.69 Å². The van der Waals surface area contributed by atoms with Crippen molar-refractivity contribution in [2.24, 2.45) is 0 Å². The zero-order valence-corrected chi connectivity index (χ0v) is 16.8. The number of rotatable bonds is 6. The number of amides is 1. The van der Waals surface area contributed by atoms with Crippen LogP contribution in [0.5, 0.6) is 5.75 Å². The van der Waals surface area contributed by atoms with E-state index >= 15 is 0 Å². The van der Waals surface area contributed by atoms with E-state index in [1.807, 2.05) is 19.1 Å². The highest BCUT2D eigenvalue weighted by Crippen LogP contribution is 2.33. The highest BCUT2D eigenvalue weighted by molar-refractivity contribution is 7.99. The zero-order valence-electron chi connectivity index (χ0n) is 14.4. The Morgan fingerprint density at radius 3 is 2.67 bits per heavy atom. The van der Waals surface area contributed by atoms with E-state index in [0.29, 0.717) is 20.9 Å². The summed E-state index contributed by atoms with van der Waals surface area (Å²) in [6.07, 6.45) is 0. The number of aryl methyl sites for hydroxylation is 1. The number of carbonyl (C=O) groups excluding carboxylic acids is 1. The number of hydrogen-bond donors (Lipinski definition) is 1. The third-order valence-electron chi connectivity index (χ3n) is 3.64. The van der Waals surface area contributed by atoms with E-state index in [2.05, 4.69) is 20.8 Å². The van der Waals surface area contributed by atoms with Crippen molar-refractivity contribution in [3.8, 4) is 11.4 Å². The van der Waals surface area contributed by atoms with Crippen LogP contribution in [0.1, 0.15) is 5.56 Å². The lowest BCUT2D eigenvalue weighted by molar-refractivity contribution is -0.113. The molecule has 0 bridgehead atoms. The van der Waals surface area contributed by atoms with E-state index in [0.717, 1.165) is 17.0 Å². The molecule has 0 fully saturated rings. The van der Waals surface area contributed by atoms with Gasteiger partial charge in [-0.2, -0.15) is 4.68 Å². The van der Waals surface area contributed by atoms with Gasteiger partial charge in [0, 0.05) is 0 Å². The number of hydrogen-bond acceptors (Lipinski definition) is 6. The van der Waals surface area contributed by atoms with Gasteiger partial charge >= 0.3 is 0 Å². The number of ether oxygens (including phenoxy) is 1. The first-order valence-electron chi connectivity index (χ1n) is 7.79. The maximum absolute atomic E-state index is 12.3. The molecule has 1 aromatic heterocycles. The van der Waals surface area contributed by atoms with Gasteiger partial charge in [-0.1, -0.05) is 41.0 Å². The summed E-state index contributed by atoms with van der Waals surface area (Å²) in [4.78, 5) is 12.3. The Bertz CT molecular complexity index is 962. The van der Waals surface area contributed by atoms with Gasteiger partial charge in [0.15, 0.2) is 0 Å². The number of nitrogens with one attached hydrogen (secondary N) is 1. The van der Waals surface area contributed by atoms with Crippen molar-refractivity contribution in [3.05, 3.63) is 52.0 Å². The minimum atomic E-state index is -0.265. The van der Waals surface area contributed by atoms with Crippen molar-refractivity contribution < 1.29 is 9.53 Å². The Morgan fingerprint density at radius 1 is 1.22 bits per heavy atom. The van der Waals surface area contributed by atoms with Crippen LogP contribution in [0.15, 0.2) is 41.6 Å². The van der Waals surface area contributed by atoms with E-state index in [1.165, 1.54) is 11.8 Å². The van der Waals surface area contributed by atoms with E-state index < -0.39 is 0 Å². The van der Waals surface area contributed by atoms with Gasteiger partial charge in [0.1, 0.15) is 5.75 Å². The molecule has 2 aromatic carbocycles. The van der Waals surface area contributed by atoms with Gasteiger partial charge in [-0.3, -0.25) is 4.79 Å². The van der Waals surface area contributed by atoms with Crippen molar-refractivity contribution in [3.63, 3.8) is 0 Å². The Balaban J connectivity index is 1.68. The highest BCUT2D eigenvalue weighted by atomic mass is 35.5. The lowest BCUT2D eigenvalue weighted by Gasteiger charge is -2.11. The highest BCUT2D eigenvalue weighted by Gasteiger charge is 2.15. The summed E-state index contributed by atoms with van der Waals surface area (Å²) >= 11 is 13.5. The number of halogens is 2. The number of carbonyl (C=O) groups is 1. The van der Waals surface area contributed by atoms with Crippen LogP contribution in [0.2, 0.25) is 10.0 Å². The van der Waals surface area contributed by atoms with Crippen molar-refractivity contribution in [2.75, 3.05) is 18.2 Å². The van der Waals surface area contributed by atoms with E-state index in [-0.39, 0.29) is 11.7 Å². The molecular weight excluding hydrogens is 409 g/mol. The summed E-state index contributed by atoms with van der Waals surface area (Å²) < 4.78 is 6.68. The van der Waals surface area contributed by atoms with Crippen LogP contribution in [0.3, 0.4) is 0 Å². The number of nitrogens with zero attached hydrogens (tertiary/aromatic N) is 4. The number of benzene rings is 2. The number of aromatic nitrogens is 4. The van der Waals surface area contributed by atoms with Gasteiger partial charge in [-0.05, 0) is 53.2 Å². The van der Waals surface area contributed by atoms with Crippen molar-refractivity contribution in [2.45, 2.75) is 12.1 Å². The molecule has 1 N–H and O–H groups in total. The number of tetrazole rings is 1. The third kappa shape index (κ3) is 4.52. The van der Waals surface area contributed by atoms with Crippen LogP contribution in [-0.4, -0.2) is 39.0 Å². The fraction of sp³-hybridized carbons (Fsp3) is 0.176. The maximum atomic E-state index is 12.3. The molecule has 0 saturated heterocycles. The van der Waals surface area contributed by atoms with Crippen LogP contribution in [0.25, 0.3) is 5.69 Å². The second-order valence-electron chi connectivity index (χ2n) is 5.46. The molecule has 10 heteroatoms. The molecule has 0 radical (unpaired) electrons. The van der Waals surface area contributed by atoms with Gasteiger partial charge in [-0.25, -0.2) is 0 Å².